The predicted molar refractivity (Wildman–Crippen MR) is 123 cm³/mol. The standard InChI is InChI=1S/C26H48O4/c1-4-5-6-15-20-29-25(27)23-18-13-14-19-24(23)26(28)30-21-16-11-9-7-8-10-12-17-22(2)3/h22-24H,4-21H2,1-3H3. The molecule has 0 aromatic rings. The van der Waals surface area contributed by atoms with Gasteiger partial charge in [-0.25, -0.2) is 0 Å². The molecule has 0 bridgehead atoms. The number of carbonyl (C=O) groups excluding carboxylic acids is 2. The van der Waals surface area contributed by atoms with E-state index >= 15 is 0 Å². The van der Waals surface area contributed by atoms with E-state index < -0.39 is 0 Å². The van der Waals surface area contributed by atoms with E-state index in [1.807, 2.05) is 0 Å². The Morgan fingerprint density at radius 1 is 0.700 bits per heavy atom. The lowest BCUT2D eigenvalue weighted by molar-refractivity contribution is -0.163. The number of hydrogen-bond acceptors (Lipinski definition) is 4. The minimum Gasteiger partial charge on any atom is -0.465 e. The van der Waals surface area contributed by atoms with E-state index in [1.165, 1.54) is 51.4 Å². The topological polar surface area (TPSA) is 52.6 Å². The Morgan fingerprint density at radius 3 is 1.60 bits per heavy atom. The van der Waals surface area contributed by atoms with Gasteiger partial charge in [-0.3, -0.25) is 9.59 Å². The van der Waals surface area contributed by atoms with Crippen molar-refractivity contribution in [1.29, 1.82) is 0 Å². The molecule has 0 aliphatic heterocycles. The third-order valence-corrected chi connectivity index (χ3v) is 6.28. The van der Waals surface area contributed by atoms with Gasteiger partial charge in [-0.1, -0.05) is 97.8 Å². The van der Waals surface area contributed by atoms with E-state index in [9.17, 15) is 9.59 Å². The maximum Gasteiger partial charge on any atom is 0.309 e. The Bertz CT molecular complexity index is 446. The second kappa shape index (κ2) is 17.6. The summed E-state index contributed by atoms with van der Waals surface area (Å²) in [6, 6.07) is 0. The first kappa shape index (κ1) is 27.0. The Balaban J connectivity index is 2.15. The van der Waals surface area contributed by atoms with Crippen molar-refractivity contribution in [1.82, 2.24) is 0 Å². The Kier molecular flexibility index (Phi) is 15.8. The van der Waals surface area contributed by atoms with Gasteiger partial charge in [-0.15, -0.1) is 0 Å². The van der Waals surface area contributed by atoms with Gasteiger partial charge in [0.25, 0.3) is 0 Å². The molecule has 0 spiro atoms. The summed E-state index contributed by atoms with van der Waals surface area (Å²) >= 11 is 0. The first-order valence-electron chi connectivity index (χ1n) is 12.9. The van der Waals surface area contributed by atoms with Crippen LogP contribution in [0.5, 0.6) is 0 Å². The van der Waals surface area contributed by atoms with Gasteiger partial charge in [0.15, 0.2) is 0 Å². The van der Waals surface area contributed by atoms with E-state index in [2.05, 4.69) is 20.8 Å². The minimum absolute atomic E-state index is 0.184. The lowest BCUT2D eigenvalue weighted by atomic mass is 9.79. The van der Waals surface area contributed by atoms with Gasteiger partial charge in [-0.05, 0) is 31.6 Å². The van der Waals surface area contributed by atoms with Crippen LogP contribution in [0.1, 0.15) is 124 Å². The summed E-state index contributed by atoms with van der Waals surface area (Å²) in [4.78, 5) is 25.0. The van der Waals surface area contributed by atoms with Crippen molar-refractivity contribution >= 4 is 11.9 Å². The minimum atomic E-state index is -0.303. The number of esters is 2. The summed E-state index contributed by atoms with van der Waals surface area (Å²) in [5.74, 6) is -0.163. The normalized spacial score (nSPS) is 19.1. The van der Waals surface area contributed by atoms with Crippen LogP contribution in [0.15, 0.2) is 0 Å². The highest BCUT2D eigenvalue weighted by molar-refractivity contribution is 5.82. The number of carbonyl (C=O) groups is 2. The van der Waals surface area contributed by atoms with Crippen molar-refractivity contribution in [3.05, 3.63) is 0 Å². The Morgan fingerprint density at radius 2 is 1.13 bits per heavy atom. The van der Waals surface area contributed by atoms with Gasteiger partial charge < -0.3 is 9.47 Å². The zero-order chi connectivity index (χ0) is 22.0. The van der Waals surface area contributed by atoms with Crippen LogP contribution in [0, 0.1) is 17.8 Å². The molecule has 4 heteroatoms. The van der Waals surface area contributed by atoms with Crippen LogP contribution in [0.2, 0.25) is 0 Å². The summed E-state index contributed by atoms with van der Waals surface area (Å²) in [5.41, 5.74) is 0. The smallest absolute Gasteiger partial charge is 0.309 e. The maximum absolute atomic E-state index is 12.6. The number of unbranched alkanes of at least 4 members (excludes halogenated alkanes) is 9. The molecule has 1 saturated carbocycles. The summed E-state index contributed by atoms with van der Waals surface area (Å²) in [7, 11) is 0. The molecule has 1 aliphatic rings. The Hall–Kier alpha value is -1.06. The van der Waals surface area contributed by atoms with Gasteiger partial charge in [0, 0.05) is 0 Å². The highest BCUT2D eigenvalue weighted by atomic mass is 16.5. The highest BCUT2D eigenvalue weighted by Gasteiger charge is 2.37. The van der Waals surface area contributed by atoms with Crippen LogP contribution >= 0.6 is 0 Å². The van der Waals surface area contributed by atoms with E-state index in [0.717, 1.165) is 57.3 Å². The summed E-state index contributed by atoms with van der Waals surface area (Å²) < 4.78 is 11.0. The quantitative estimate of drug-likeness (QED) is 0.182. The molecule has 30 heavy (non-hydrogen) atoms. The fourth-order valence-corrected chi connectivity index (χ4v) is 4.32. The van der Waals surface area contributed by atoms with Crippen molar-refractivity contribution in [3.63, 3.8) is 0 Å². The van der Waals surface area contributed by atoms with E-state index in [0.29, 0.717) is 13.2 Å². The molecule has 2 unspecified atom stereocenters. The molecule has 0 N–H and O–H groups in total. The van der Waals surface area contributed by atoms with Crippen LogP contribution in [-0.4, -0.2) is 25.2 Å². The molecular formula is C26H48O4. The highest BCUT2D eigenvalue weighted by Crippen LogP contribution is 2.32. The van der Waals surface area contributed by atoms with Gasteiger partial charge in [0.05, 0.1) is 25.0 Å². The SMILES string of the molecule is CCCCCCOC(=O)C1CCCCC1C(=O)OCCCCCCCCCC(C)C. The largest absolute Gasteiger partial charge is 0.465 e. The third kappa shape index (κ3) is 12.6. The van der Waals surface area contributed by atoms with E-state index in [4.69, 9.17) is 9.47 Å². The van der Waals surface area contributed by atoms with Gasteiger partial charge in [-0.2, -0.15) is 0 Å². The second-order valence-corrected chi connectivity index (χ2v) is 9.55. The molecule has 1 aliphatic carbocycles. The van der Waals surface area contributed by atoms with Gasteiger partial charge >= 0.3 is 11.9 Å². The van der Waals surface area contributed by atoms with Crippen LogP contribution < -0.4 is 0 Å². The molecule has 0 aromatic heterocycles. The lowest BCUT2D eigenvalue weighted by Crippen LogP contribution is -2.35. The molecule has 176 valence electrons. The zero-order valence-electron chi connectivity index (χ0n) is 20.1. The Labute approximate surface area is 185 Å². The van der Waals surface area contributed by atoms with Crippen molar-refractivity contribution < 1.29 is 19.1 Å². The monoisotopic (exact) mass is 424 g/mol. The van der Waals surface area contributed by atoms with Crippen molar-refractivity contribution in [2.24, 2.45) is 17.8 Å². The zero-order valence-corrected chi connectivity index (χ0v) is 20.1. The average Bonchev–Trinajstić information content (AvgIpc) is 2.74. The first-order chi connectivity index (χ1) is 14.6. The fraction of sp³-hybridized carbons (Fsp3) is 0.923. The predicted octanol–water partition coefficient (Wildman–Crippen LogP) is 7.24. The summed E-state index contributed by atoms with van der Waals surface area (Å²) in [5, 5.41) is 0. The van der Waals surface area contributed by atoms with Gasteiger partial charge in [0.1, 0.15) is 0 Å². The molecule has 0 saturated heterocycles. The lowest BCUT2D eigenvalue weighted by Gasteiger charge is -2.28. The fourth-order valence-electron chi connectivity index (χ4n) is 4.32. The molecule has 0 amide bonds. The van der Waals surface area contributed by atoms with Gasteiger partial charge in [0.2, 0.25) is 0 Å². The van der Waals surface area contributed by atoms with E-state index in [-0.39, 0.29) is 23.8 Å². The average molecular weight is 425 g/mol. The first-order valence-corrected chi connectivity index (χ1v) is 12.9. The molecular weight excluding hydrogens is 376 g/mol. The van der Waals surface area contributed by atoms with Crippen LogP contribution in [0.3, 0.4) is 0 Å². The molecule has 1 rings (SSSR count). The van der Waals surface area contributed by atoms with Crippen molar-refractivity contribution in [2.75, 3.05) is 13.2 Å². The van der Waals surface area contributed by atoms with Crippen molar-refractivity contribution in [3.8, 4) is 0 Å². The molecule has 0 radical (unpaired) electrons. The summed E-state index contributed by atoms with van der Waals surface area (Å²) in [6.45, 7) is 7.71. The third-order valence-electron chi connectivity index (χ3n) is 6.28. The number of ether oxygens (including phenoxy) is 2. The van der Waals surface area contributed by atoms with Crippen molar-refractivity contribution in [2.45, 2.75) is 124 Å². The van der Waals surface area contributed by atoms with Crippen LogP contribution in [0.25, 0.3) is 0 Å². The molecule has 2 atom stereocenters. The molecule has 1 fully saturated rings. The maximum atomic E-state index is 12.6. The second-order valence-electron chi connectivity index (χ2n) is 9.55. The number of hydrogen-bond donors (Lipinski definition) is 0. The molecule has 0 aromatic carbocycles. The molecule has 0 heterocycles. The van der Waals surface area contributed by atoms with E-state index in [1.54, 1.807) is 0 Å². The number of rotatable bonds is 17. The van der Waals surface area contributed by atoms with Crippen LogP contribution in [0.4, 0.5) is 0 Å². The summed E-state index contributed by atoms with van der Waals surface area (Å²) in [6.07, 6.45) is 17.7. The molecule has 4 nitrogen and oxygen atoms in total. The van der Waals surface area contributed by atoms with Crippen LogP contribution in [-0.2, 0) is 19.1 Å².